The van der Waals surface area contributed by atoms with Crippen LogP contribution in [0, 0.1) is 0 Å². The van der Waals surface area contributed by atoms with E-state index in [2.05, 4.69) is 27.4 Å². The van der Waals surface area contributed by atoms with Gasteiger partial charge >= 0.3 is 6.03 Å². The number of urea groups is 1. The van der Waals surface area contributed by atoms with Crippen molar-refractivity contribution in [2.75, 3.05) is 26.2 Å². The third-order valence-corrected chi connectivity index (χ3v) is 11.1. The van der Waals surface area contributed by atoms with E-state index in [0.29, 0.717) is 12.8 Å². The van der Waals surface area contributed by atoms with Crippen LogP contribution in [0.4, 0.5) is 4.79 Å². The molecule has 3 saturated heterocycles. The van der Waals surface area contributed by atoms with Crippen LogP contribution in [0.5, 0.6) is 0 Å². The van der Waals surface area contributed by atoms with Gasteiger partial charge in [-0.3, -0.25) is 4.90 Å². The zero-order valence-corrected chi connectivity index (χ0v) is 20.9. The van der Waals surface area contributed by atoms with E-state index in [-0.39, 0.29) is 34.5 Å². The van der Waals surface area contributed by atoms with Gasteiger partial charge in [0.25, 0.3) is 0 Å². The summed E-state index contributed by atoms with van der Waals surface area (Å²) < 4.78 is 29.2. The maximum atomic E-state index is 13.6. The zero-order chi connectivity index (χ0) is 22.5. The fraction of sp³-hybridized carbons (Fsp3) is 0.952. The Labute approximate surface area is 196 Å². The van der Waals surface area contributed by atoms with Gasteiger partial charge in [-0.15, -0.1) is 11.8 Å². The molecule has 0 aromatic carbocycles. The summed E-state index contributed by atoms with van der Waals surface area (Å²) in [6.45, 7) is 7.92. The Morgan fingerprint density at radius 1 is 1.09 bits per heavy atom. The van der Waals surface area contributed by atoms with Crippen molar-refractivity contribution in [3.8, 4) is 0 Å². The highest BCUT2D eigenvalue weighted by molar-refractivity contribution is 8.00. The van der Waals surface area contributed by atoms with E-state index in [4.69, 9.17) is 0 Å². The minimum Gasteiger partial charge on any atom is -0.318 e. The van der Waals surface area contributed by atoms with Crippen molar-refractivity contribution in [3.63, 3.8) is 0 Å². The number of thioether (sulfide) groups is 1. The fourth-order valence-electron chi connectivity index (χ4n) is 5.74. The van der Waals surface area contributed by atoms with Crippen LogP contribution in [0.25, 0.3) is 0 Å². The first-order chi connectivity index (χ1) is 15.3. The number of piperidine rings is 1. The number of likely N-dealkylation sites (tertiary alicyclic amines) is 1. The first-order valence-electron chi connectivity index (χ1n) is 12.3. The number of carbonyl (C=O) groups is 1. The normalized spacial score (nSPS) is 37.7. The highest BCUT2D eigenvalue weighted by atomic mass is 32.2. The predicted octanol–water partition coefficient (Wildman–Crippen LogP) is 1.44. The molecule has 0 aromatic rings. The zero-order valence-electron chi connectivity index (χ0n) is 19.3. The largest absolute Gasteiger partial charge is 0.322 e. The first kappa shape index (κ1) is 23.2. The second-order valence-electron chi connectivity index (χ2n) is 10.5. The molecule has 0 bridgehead atoms. The highest BCUT2D eigenvalue weighted by Gasteiger charge is 2.54. The summed E-state index contributed by atoms with van der Waals surface area (Å²) in [5, 5.41) is -0.233. The third kappa shape index (κ3) is 4.65. The summed E-state index contributed by atoms with van der Waals surface area (Å²) in [4.78, 5) is 20.1. The average molecular weight is 487 g/mol. The van der Waals surface area contributed by atoms with Crippen molar-refractivity contribution >= 4 is 27.8 Å². The van der Waals surface area contributed by atoms with Gasteiger partial charge in [-0.25, -0.2) is 28.8 Å². The quantitative estimate of drug-likeness (QED) is 0.501. The van der Waals surface area contributed by atoms with Crippen LogP contribution < -0.4 is 15.6 Å². The summed E-state index contributed by atoms with van der Waals surface area (Å²) in [6, 6.07) is 0.0647. The molecule has 0 radical (unpaired) electrons. The summed E-state index contributed by atoms with van der Waals surface area (Å²) >= 11 is 1.68. The van der Waals surface area contributed by atoms with E-state index in [1.807, 2.05) is 16.7 Å². The molecule has 11 heteroatoms. The molecule has 3 N–H and O–H groups in total. The standard InChI is InChI=1S/C21H38N6O3S2/c1-15-22-23-19(31-15)27-18-14-16(32(29,30)24-21(2)8-9-21)6-7-17(18)26(20(27)28)13-12-25-10-4-3-5-11-25/h15-19,22-24H,3-14H2,1-2H3. The number of sulfonamides is 1. The van der Waals surface area contributed by atoms with Gasteiger partial charge in [0.1, 0.15) is 5.50 Å². The van der Waals surface area contributed by atoms with Crippen LogP contribution in [0.1, 0.15) is 65.2 Å². The molecule has 2 amide bonds. The van der Waals surface area contributed by atoms with Gasteiger partial charge in [-0.2, -0.15) is 0 Å². The number of nitrogens with zero attached hydrogens (tertiary/aromatic N) is 3. The first-order valence-corrected chi connectivity index (χ1v) is 14.8. The van der Waals surface area contributed by atoms with Gasteiger partial charge < -0.3 is 9.80 Å². The van der Waals surface area contributed by atoms with Crippen molar-refractivity contribution in [2.45, 2.75) is 99.0 Å². The van der Waals surface area contributed by atoms with Gasteiger partial charge in [0, 0.05) is 18.6 Å². The maximum absolute atomic E-state index is 13.6. The molecular weight excluding hydrogens is 448 g/mol. The van der Waals surface area contributed by atoms with Crippen molar-refractivity contribution in [1.29, 1.82) is 0 Å². The van der Waals surface area contributed by atoms with Gasteiger partial charge in [-0.05, 0) is 71.9 Å². The van der Waals surface area contributed by atoms with Crippen LogP contribution in [0.15, 0.2) is 0 Å². The van der Waals surface area contributed by atoms with Crippen molar-refractivity contribution in [3.05, 3.63) is 0 Å². The number of carbonyl (C=O) groups excluding carboxylic acids is 1. The molecule has 5 rings (SSSR count). The molecule has 32 heavy (non-hydrogen) atoms. The van der Waals surface area contributed by atoms with Gasteiger partial charge in [0.15, 0.2) is 0 Å². The molecule has 5 aliphatic rings. The van der Waals surface area contributed by atoms with E-state index >= 15 is 0 Å². The van der Waals surface area contributed by atoms with Crippen LogP contribution in [-0.4, -0.2) is 89.1 Å². The lowest BCUT2D eigenvalue weighted by molar-refractivity contribution is 0.160. The molecule has 2 saturated carbocycles. The van der Waals surface area contributed by atoms with Crippen molar-refractivity contribution in [2.24, 2.45) is 0 Å². The number of amides is 2. The molecular formula is C21H38N6O3S2. The van der Waals surface area contributed by atoms with E-state index in [1.165, 1.54) is 19.3 Å². The lowest BCUT2D eigenvalue weighted by Crippen LogP contribution is -2.53. The maximum Gasteiger partial charge on any atom is 0.322 e. The monoisotopic (exact) mass is 486 g/mol. The van der Waals surface area contributed by atoms with Crippen LogP contribution >= 0.6 is 11.8 Å². The molecule has 3 heterocycles. The molecule has 0 spiro atoms. The smallest absolute Gasteiger partial charge is 0.318 e. The molecule has 0 aromatic heterocycles. The van der Waals surface area contributed by atoms with Gasteiger partial charge in [-0.1, -0.05) is 6.42 Å². The molecule has 9 nitrogen and oxygen atoms in total. The van der Waals surface area contributed by atoms with E-state index < -0.39 is 15.3 Å². The SMILES string of the molecule is CC1NNC(N2C(=O)N(CCN3CCCCC3)C3CCC(S(=O)(=O)NC4(C)CC4)CC32)S1. The summed E-state index contributed by atoms with van der Waals surface area (Å²) in [5.74, 6) is 0. The lowest BCUT2D eigenvalue weighted by Gasteiger charge is -2.38. The Balaban J connectivity index is 1.32. The number of rotatable bonds is 7. The van der Waals surface area contributed by atoms with E-state index in [9.17, 15) is 13.2 Å². The molecule has 3 aliphatic heterocycles. The van der Waals surface area contributed by atoms with Gasteiger partial charge in [0.2, 0.25) is 10.0 Å². The second-order valence-corrected chi connectivity index (χ2v) is 13.9. The molecule has 182 valence electrons. The summed E-state index contributed by atoms with van der Waals surface area (Å²) in [7, 11) is -3.40. The number of hydrazine groups is 1. The topological polar surface area (TPSA) is 97.0 Å². The minimum atomic E-state index is -3.40. The molecule has 5 atom stereocenters. The summed E-state index contributed by atoms with van der Waals surface area (Å²) in [5.41, 5.74) is 6.03. The van der Waals surface area contributed by atoms with E-state index in [1.54, 1.807) is 11.8 Å². The highest BCUT2D eigenvalue weighted by Crippen LogP contribution is 2.41. The second kappa shape index (κ2) is 8.88. The Morgan fingerprint density at radius 3 is 2.50 bits per heavy atom. The molecule has 2 aliphatic carbocycles. The number of fused-ring (bicyclic) bond motifs is 1. The van der Waals surface area contributed by atoms with Crippen LogP contribution in [-0.2, 0) is 10.0 Å². The number of hydrogen-bond acceptors (Lipinski definition) is 7. The van der Waals surface area contributed by atoms with Gasteiger partial charge in [0.05, 0.1) is 22.7 Å². The Bertz CT molecular complexity index is 816. The fourth-order valence-corrected chi connectivity index (χ4v) is 8.73. The Kier molecular flexibility index (Phi) is 6.43. The molecule has 5 unspecified atom stereocenters. The van der Waals surface area contributed by atoms with Crippen molar-refractivity contribution in [1.82, 2.24) is 30.3 Å². The Morgan fingerprint density at radius 2 is 1.84 bits per heavy atom. The number of hydrogen-bond donors (Lipinski definition) is 3. The van der Waals surface area contributed by atoms with E-state index in [0.717, 1.165) is 45.4 Å². The average Bonchev–Trinajstić information content (AvgIpc) is 3.20. The van der Waals surface area contributed by atoms with Crippen LogP contribution in [0.3, 0.4) is 0 Å². The third-order valence-electron chi connectivity index (χ3n) is 7.89. The van der Waals surface area contributed by atoms with Crippen molar-refractivity contribution < 1.29 is 13.2 Å². The predicted molar refractivity (Wildman–Crippen MR) is 126 cm³/mol. The van der Waals surface area contributed by atoms with Crippen LogP contribution in [0.2, 0.25) is 0 Å². The number of nitrogens with one attached hydrogen (secondary N) is 3. The molecule has 5 fully saturated rings. The Hall–Kier alpha value is -0.590. The summed E-state index contributed by atoms with van der Waals surface area (Å²) in [6.07, 6.45) is 7.47. The lowest BCUT2D eigenvalue weighted by atomic mass is 9.90. The minimum absolute atomic E-state index is 0.0538.